The van der Waals surface area contributed by atoms with E-state index < -0.39 is 0 Å². The number of nitrogens with zero attached hydrogens (tertiary/aromatic N) is 2. The quantitative estimate of drug-likeness (QED) is 0.803. The number of benzene rings is 1. The number of amides is 1. The fourth-order valence-electron chi connectivity index (χ4n) is 3.01. The number of aromatic nitrogens is 1. The van der Waals surface area contributed by atoms with E-state index in [0.717, 1.165) is 25.0 Å². The molecule has 0 bridgehead atoms. The van der Waals surface area contributed by atoms with Crippen molar-refractivity contribution in [3.05, 3.63) is 53.0 Å². The standard InChI is InChI=1S/C19H23FN2O3/c1-3-17-21-13(2)18(25-17)19(23)22(12-16-5-4-10-24-16)11-14-6-8-15(20)9-7-14/h6-9,16H,3-5,10-12H2,1-2H3/t16-/m0/s1. The van der Waals surface area contributed by atoms with E-state index in [-0.39, 0.29) is 23.6 Å². The molecule has 6 heteroatoms. The van der Waals surface area contributed by atoms with Crippen LogP contribution < -0.4 is 0 Å². The molecule has 134 valence electrons. The Balaban J connectivity index is 1.82. The molecular weight excluding hydrogens is 323 g/mol. The Morgan fingerprint density at radius 1 is 1.36 bits per heavy atom. The van der Waals surface area contributed by atoms with Gasteiger partial charge in [0.1, 0.15) is 5.82 Å². The van der Waals surface area contributed by atoms with Crippen molar-refractivity contribution in [1.29, 1.82) is 0 Å². The average molecular weight is 346 g/mol. The molecule has 1 aliphatic heterocycles. The van der Waals surface area contributed by atoms with Crippen LogP contribution in [0.15, 0.2) is 28.7 Å². The highest BCUT2D eigenvalue weighted by atomic mass is 19.1. The van der Waals surface area contributed by atoms with Crippen molar-refractivity contribution in [2.24, 2.45) is 0 Å². The molecule has 1 fully saturated rings. The van der Waals surface area contributed by atoms with Gasteiger partial charge in [0.25, 0.3) is 5.91 Å². The largest absolute Gasteiger partial charge is 0.435 e. The summed E-state index contributed by atoms with van der Waals surface area (Å²) >= 11 is 0. The second kappa shape index (κ2) is 7.78. The lowest BCUT2D eigenvalue weighted by atomic mass is 10.1. The maximum atomic E-state index is 13.1. The van der Waals surface area contributed by atoms with Gasteiger partial charge in [-0.05, 0) is 37.5 Å². The Labute approximate surface area is 146 Å². The van der Waals surface area contributed by atoms with E-state index in [0.29, 0.717) is 31.1 Å². The number of carbonyl (C=O) groups excluding carboxylic acids is 1. The number of hydrogen-bond acceptors (Lipinski definition) is 4. The third-order valence-electron chi connectivity index (χ3n) is 4.36. The molecule has 2 aromatic rings. The van der Waals surface area contributed by atoms with E-state index in [4.69, 9.17) is 9.15 Å². The van der Waals surface area contributed by atoms with Crippen molar-refractivity contribution in [2.75, 3.05) is 13.2 Å². The van der Waals surface area contributed by atoms with Gasteiger partial charge < -0.3 is 14.1 Å². The van der Waals surface area contributed by atoms with E-state index >= 15 is 0 Å². The van der Waals surface area contributed by atoms with Crippen LogP contribution in [0.3, 0.4) is 0 Å². The van der Waals surface area contributed by atoms with Crippen LogP contribution in [0.4, 0.5) is 4.39 Å². The number of carbonyl (C=O) groups is 1. The summed E-state index contributed by atoms with van der Waals surface area (Å²) in [6, 6.07) is 6.18. The Hall–Kier alpha value is -2.21. The minimum Gasteiger partial charge on any atom is -0.435 e. The molecule has 3 rings (SSSR count). The number of aryl methyl sites for hydroxylation is 2. The zero-order valence-electron chi connectivity index (χ0n) is 14.6. The van der Waals surface area contributed by atoms with E-state index in [1.54, 1.807) is 24.0 Å². The summed E-state index contributed by atoms with van der Waals surface area (Å²) < 4.78 is 24.5. The van der Waals surface area contributed by atoms with Crippen LogP contribution in [0.5, 0.6) is 0 Å². The van der Waals surface area contributed by atoms with Crippen LogP contribution in [-0.4, -0.2) is 35.0 Å². The summed E-state index contributed by atoms with van der Waals surface area (Å²) in [5.41, 5.74) is 1.46. The van der Waals surface area contributed by atoms with Crippen molar-refractivity contribution >= 4 is 5.91 Å². The van der Waals surface area contributed by atoms with Gasteiger partial charge in [-0.2, -0.15) is 0 Å². The molecule has 1 atom stereocenters. The monoisotopic (exact) mass is 346 g/mol. The van der Waals surface area contributed by atoms with Gasteiger partial charge in [0, 0.05) is 26.1 Å². The van der Waals surface area contributed by atoms with Gasteiger partial charge >= 0.3 is 0 Å². The van der Waals surface area contributed by atoms with Crippen LogP contribution >= 0.6 is 0 Å². The van der Waals surface area contributed by atoms with E-state index in [2.05, 4.69) is 4.98 Å². The molecule has 0 N–H and O–H groups in total. The lowest BCUT2D eigenvalue weighted by Crippen LogP contribution is -2.37. The Morgan fingerprint density at radius 2 is 2.12 bits per heavy atom. The highest BCUT2D eigenvalue weighted by Crippen LogP contribution is 2.20. The molecule has 1 aromatic heterocycles. The van der Waals surface area contributed by atoms with Crippen molar-refractivity contribution in [1.82, 2.24) is 9.88 Å². The number of ether oxygens (including phenoxy) is 1. The van der Waals surface area contributed by atoms with Gasteiger partial charge in [-0.3, -0.25) is 4.79 Å². The number of rotatable bonds is 6. The zero-order chi connectivity index (χ0) is 17.8. The first-order chi connectivity index (χ1) is 12.1. The van der Waals surface area contributed by atoms with Crippen LogP contribution in [0.25, 0.3) is 0 Å². The van der Waals surface area contributed by atoms with Gasteiger partial charge in [-0.25, -0.2) is 9.37 Å². The minimum atomic E-state index is -0.292. The highest BCUT2D eigenvalue weighted by Gasteiger charge is 2.27. The minimum absolute atomic E-state index is 0.0262. The molecule has 0 spiro atoms. The zero-order valence-corrected chi connectivity index (χ0v) is 14.6. The van der Waals surface area contributed by atoms with Gasteiger partial charge in [0.15, 0.2) is 5.89 Å². The first-order valence-electron chi connectivity index (χ1n) is 8.68. The summed E-state index contributed by atoms with van der Waals surface area (Å²) in [6.07, 6.45) is 2.60. The van der Waals surface area contributed by atoms with Crippen LogP contribution in [0.2, 0.25) is 0 Å². The van der Waals surface area contributed by atoms with Crippen molar-refractivity contribution in [3.63, 3.8) is 0 Å². The highest BCUT2D eigenvalue weighted by molar-refractivity contribution is 5.92. The first kappa shape index (κ1) is 17.6. The van der Waals surface area contributed by atoms with Crippen molar-refractivity contribution in [2.45, 2.75) is 45.8 Å². The third-order valence-corrected chi connectivity index (χ3v) is 4.36. The van der Waals surface area contributed by atoms with Crippen LogP contribution in [0, 0.1) is 12.7 Å². The lowest BCUT2D eigenvalue weighted by Gasteiger charge is -2.25. The third kappa shape index (κ3) is 4.25. The van der Waals surface area contributed by atoms with E-state index in [9.17, 15) is 9.18 Å². The predicted molar refractivity (Wildman–Crippen MR) is 90.7 cm³/mol. The molecule has 0 unspecified atom stereocenters. The Bertz CT molecular complexity index is 721. The maximum Gasteiger partial charge on any atom is 0.291 e. The van der Waals surface area contributed by atoms with Gasteiger partial charge in [-0.15, -0.1) is 0 Å². The van der Waals surface area contributed by atoms with Crippen molar-refractivity contribution < 1.29 is 18.3 Å². The number of halogens is 1. The van der Waals surface area contributed by atoms with Gasteiger partial charge in [0.05, 0.1) is 11.8 Å². The molecule has 1 aliphatic rings. The maximum absolute atomic E-state index is 13.1. The van der Waals surface area contributed by atoms with Crippen LogP contribution in [-0.2, 0) is 17.7 Å². The molecule has 1 aromatic carbocycles. The Kier molecular flexibility index (Phi) is 5.48. The van der Waals surface area contributed by atoms with Gasteiger partial charge in [0.2, 0.25) is 5.76 Å². The number of oxazole rings is 1. The van der Waals surface area contributed by atoms with Crippen molar-refractivity contribution in [3.8, 4) is 0 Å². The second-order valence-corrected chi connectivity index (χ2v) is 6.32. The topological polar surface area (TPSA) is 55.6 Å². The average Bonchev–Trinajstić information content (AvgIpc) is 3.25. The molecule has 1 amide bonds. The number of hydrogen-bond donors (Lipinski definition) is 0. The Morgan fingerprint density at radius 3 is 2.72 bits per heavy atom. The molecule has 1 saturated heterocycles. The summed E-state index contributed by atoms with van der Waals surface area (Å²) in [4.78, 5) is 19.0. The fourth-order valence-corrected chi connectivity index (χ4v) is 3.01. The normalized spacial score (nSPS) is 17.0. The molecule has 0 aliphatic carbocycles. The smallest absolute Gasteiger partial charge is 0.291 e. The first-order valence-corrected chi connectivity index (χ1v) is 8.68. The summed E-state index contributed by atoms with van der Waals surface area (Å²) in [5, 5.41) is 0. The molecule has 0 saturated carbocycles. The molecule has 2 heterocycles. The molecule has 0 radical (unpaired) electrons. The van der Waals surface area contributed by atoms with E-state index in [1.165, 1.54) is 12.1 Å². The molecular formula is C19H23FN2O3. The molecule has 25 heavy (non-hydrogen) atoms. The summed E-state index contributed by atoms with van der Waals surface area (Å²) in [6.45, 7) is 5.29. The van der Waals surface area contributed by atoms with E-state index in [1.807, 2.05) is 6.92 Å². The summed E-state index contributed by atoms with van der Waals surface area (Å²) in [7, 11) is 0. The SMILES string of the molecule is CCc1nc(C)c(C(=O)N(Cc2ccc(F)cc2)C[C@@H]2CCCO2)o1. The fraction of sp³-hybridized carbons (Fsp3) is 0.474. The predicted octanol–water partition coefficient (Wildman–Crippen LogP) is 3.51. The molecule has 5 nitrogen and oxygen atoms in total. The lowest BCUT2D eigenvalue weighted by molar-refractivity contribution is 0.0482. The summed E-state index contributed by atoms with van der Waals surface area (Å²) in [5.74, 6) is 0.334. The van der Waals surface area contributed by atoms with Crippen LogP contribution in [0.1, 0.15) is 47.5 Å². The second-order valence-electron chi connectivity index (χ2n) is 6.32. The van der Waals surface area contributed by atoms with Gasteiger partial charge in [-0.1, -0.05) is 19.1 Å².